The summed E-state index contributed by atoms with van der Waals surface area (Å²) in [5, 5.41) is 11.0. The zero-order valence-corrected chi connectivity index (χ0v) is 17.3. The number of imidazole rings is 1. The summed E-state index contributed by atoms with van der Waals surface area (Å²) in [7, 11) is 0. The summed E-state index contributed by atoms with van der Waals surface area (Å²) in [6.45, 7) is 1.78. The second-order valence-electron chi connectivity index (χ2n) is 7.41. The van der Waals surface area contributed by atoms with Crippen LogP contribution in [0.15, 0.2) is 24.8 Å². The number of nitrogens with zero attached hydrogens (tertiary/aromatic N) is 5. The summed E-state index contributed by atoms with van der Waals surface area (Å²) >= 11 is 12.6. The van der Waals surface area contributed by atoms with Gasteiger partial charge < -0.3 is 15.6 Å². The number of fused-ring (bicyclic) bond motifs is 5. The fourth-order valence-electron chi connectivity index (χ4n) is 4.53. The van der Waals surface area contributed by atoms with Crippen molar-refractivity contribution < 1.29 is 9.59 Å². The Morgan fingerprint density at radius 1 is 1.13 bits per heavy atom. The molecule has 0 bridgehead atoms. The molecule has 4 aromatic rings. The lowest BCUT2D eigenvalue weighted by Crippen LogP contribution is -2.43. The Labute approximate surface area is 184 Å². The van der Waals surface area contributed by atoms with E-state index < -0.39 is 5.41 Å². The third-order valence-corrected chi connectivity index (χ3v) is 6.23. The monoisotopic (exact) mass is 454 g/mol. The number of carbonyl (C=O) groups excluding carboxylic acids is 2. The van der Waals surface area contributed by atoms with Crippen LogP contribution in [0.5, 0.6) is 0 Å². The van der Waals surface area contributed by atoms with Crippen LogP contribution in [-0.4, -0.2) is 41.5 Å². The zero-order valence-electron chi connectivity index (χ0n) is 15.8. The molecular formula is C19H12Cl2N8O2. The molecule has 0 fully saturated rings. The predicted octanol–water partition coefficient (Wildman–Crippen LogP) is 2.73. The van der Waals surface area contributed by atoms with Crippen LogP contribution >= 0.6 is 23.2 Å². The molecule has 5 heterocycles. The molecule has 2 aliphatic rings. The van der Waals surface area contributed by atoms with Gasteiger partial charge in [-0.25, -0.2) is 15.0 Å². The first kappa shape index (κ1) is 18.3. The minimum absolute atomic E-state index is 0.106. The maximum absolute atomic E-state index is 13.4. The van der Waals surface area contributed by atoms with Crippen molar-refractivity contribution in [1.29, 1.82) is 0 Å². The maximum atomic E-state index is 13.4. The quantitative estimate of drug-likeness (QED) is 0.405. The van der Waals surface area contributed by atoms with Crippen LogP contribution in [0.1, 0.15) is 23.2 Å². The van der Waals surface area contributed by atoms with Gasteiger partial charge in [-0.05, 0) is 24.6 Å². The standard InChI is InChI=1S/C19H12Cl2N8O2/c1-7-12-16(29(28-7)17-14-15(23-5-22-14)24-6-25-17)26-11(30)4-19(12)9-2-8(20)3-10(21)13(9)27-18(19)31/h2-3,5-6H,4H2,1H3,(H,26,30)(H,27,31)(H,22,23,24,25)/t19-/m0/s1. The average molecular weight is 455 g/mol. The van der Waals surface area contributed by atoms with Crippen LogP contribution in [-0.2, 0) is 15.0 Å². The first-order chi connectivity index (χ1) is 14.9. The summed E-state index contributed by atoms with van der Waals surface area (Å²) in [6.07, 6.45) is 2.75. The molecule has 3 aromatic heterocycles. The minimum atomic E-state index is -1.32. The fourth-order valence-corrected chi connectivity index (χ4v) is 5.07. The Bertz CT molecular complexity index is 1460. The normalized spacial score (nSPS) is 19.5. The van der Waals surface area contributed by atoms with Crippen molar-refractivity contribution in [2.45, 2.75) is 18.8 Å². The van der Waals surface area contributed by atoms with E-state index in [2.05, 4.69) is 35.7 Å². The Hall–Kier alpha value is -3.50. The molecular weight excluding hydrogens is 443 g/mol. The van der Waals surface area contributed by atoms with Gasteiger partial charge in [0, 0.05) is 17.0 Å². The summed E-state index contributed by atoms with van der Waals surface area (Å²) in [5.41, 5.74) is 1.79. The first-order valence-electron chi connectivity index (χ1n) is 9.25. The number of nitrogens with one attached hydrogen (secondary N) is 3. The smallest absolute Gasteiger partial charge is 0.240 e. The molecule has 2 aliphatic heterocycles. The third-order valence-electron chi connectivity index (χ3n) is 5.72. The summed E-state index contributed by atoms with van der Waals surface area (Å²) in [6, 6.07) is 3.22. The molecule has 12 heteroatoms. The molecule has 6 rings (SSSR count). The molecule has 0 aliphatic carbocycles. The van der Waals surface area contributed by atoms with Gasteiger partial charge in [-0.15, -0.1) is 0 Å². The lowest BCUT2D eigenvalue weighted by molar-refractivity contribution is -0.125. The number of aryl methyl sites for hydroxylation is 1. The van der Waals surface area contributed by atoms with Gasteiger partial charge in [-0.1, -0.05) is 23.2 Å². The predicted molar refractivity (Wildman–Crippen MR) is 113 cm³/mol. The van der Waals surface area contributed by atoms with Gasteiger partial charge in [0.1, 0.15) is 23.1 Å². The highest BCUT2D eigenvalue weighted by Gasteiger charge is 2.56. The van der Waals surface area contributed by atoms with Crippen molar-refractivity contribution in [1.82, 2.24) is 29.7 Å². The number of rotatable bonds is 1. The number of halogens is 2. The van der Waals surface area contributed by atoms with E-state index in [4.69, 9.17) is 23.2 Å². The van der Waals surface area contributed by atoms with Crippen LogP contribution in [0, 0.1) is 6.92 Å². The van der Waals surface area contributed by atoms with Gasteiger partial charge in [0.25, 0.3) is 0 Å². The molecule has 1 atom stereocenters. The van der Waals surface area contributed by atoms with Gasteiger partial charge in [-0.2, -0.15) is 9.78 Å². The van der Waals surface area contributed by atoms with E-state index in [-0.39, 0.29) is 18.2 Å². The second-order valence-corrected chi connectivity index (χ2v) is 8.26. The number of carbonyl (C=O) groups is 2. The Balaban J connectivity index is 1.68. The fraction of sp³-hybridized carbons (Fsp3) is 0.158. The van der Waals surface area contributed by atoms with Gasteiger partial charge in [0.2, 0.25) is 11.8 Å². The summed E-state index contributed by atoms with van der Waals surface area (Å²) in [5.74, 6) is 0.0388. The van der Waals surface area contributed by atoms with Crippen LogP contribution in [0.3, 0.4) is 0 Å². The van der Waals surface area contributed by atoms with Gasteiger partial charge in [0.15, 0.2) is 11.5 Å². The number of H-pyrrole nitrogens is 1. The van der Waals surface area contributed by atoms with Gasteiger partial charge >= 0.3 is 0 Å². The van der Waals surface area contributed by atoms with Crippen LogP contribution in [0.25, 0.3) is 17.0 Å². The number of hydrogen-bond donors (Lipinski definition) is 3. The van der Waals surface area contributed by atoms with Crippen molar-refractivity contribution in [2.75, 3.05) is 10.6 Å². The number of anilines is 2. The van der Waals surface area contributed by atoms with Crippen LogP contribution < -0.4 is 10.6 Å². The van der Waals surface area contributed by atoms with E-state index in [0.29, 0.717) is 55.4 Å². The van der Waals surface area contributed by atoms with E-state index in [9.17, 15) is 9.59 Å². The van der Waals surface area contributed by atoms with Gasteiger partial charge in [0.05, 0.1) is 22.7 Å². The highest BCUT2D eigenvalue weighted by molar-refractivity contribution is 6.38. The molecule has 0 radical (unpaired) electrons. The SMILES string of the molecule is Cc1nn(-c2ncnc3nc[nH]c23)c2c1[C@@]1(CC(=O)N2)C(=O)Nc2c(Cl)cc(Cl)cc21. The van der Waals surface area contributed by atoms with Crippen LogP contribution in [0.4, 0.5) is 11.5 Å². The number of hydrogen-bond acceptors (Lipinski definition) is 6. The Morgan fingerprint density at radius 2 is 1.97 bits per heavy atom. The lowest BCUT2D eigenvalue weighted by Gasteiger charge is -2.32. The number of aromatic nitrogens is 6. The third kappa shape index (κ3) is 2.28. The molecule has 154 valence electrons. The van der Waals surface area contributed by atoms with Crippen LogP contribution in [0.2, 0.25) is 10.0 Å². The molecule has 10 nitrogen and oxygen atoms in total. The molecule has 2 amide bonds. The molecule has 0 unspecified atom stereocenters. The van der Waals surface area contributed by atoms with E-state index in [0.717, 1.165) is 0 Å². The average Bonchev–Trinajstić information content (AvgIpc) is 3.39. The Kier molecular flexibility index (Phi) is 3.55. The van der Waals surface area contributed by atoms with Crippen molar-refractivity contribution in [3.05, 3.63) is 51.7 Å². The number of benzene rings is 1. The summed E-state index contributed by atoms with van der Waals surface area (Å²) in [4.78, 5) is 41.8. The molecule has 0 saturated heterocycles. The van der Waals surface area contributed by atoms with Crippen molar-refractivity contribution in [2.24, 2.45) is 0 Å². The second kappa shape index (κ2) is 6.02. The summed E-state index contributed by atoms with van der Waals surface area (Å²) < 4.78 is 1.49. The topological polar surface area (TPSA) is 130 Å². The molecule has 3 N–H and O–H groups in total. The van der Waals surface area contributed by atoms with E-state index in [1.807, 2.05) is 0 Å². The number of aromatic amines is 1. The van der Waals surface area contributed by atoms with Crippen molar-refractivity contribution in [3.8, 4) is 5.82 Å². The highest BCUT2D eigenvalue weighted by atomic mass is 35.5. The largest absolute Gasteiger partial charge is 0.340 e. The maximum Gasteiger partial charge on any atom is 0.240 e. The Morgan fingerprint density at radius 3 is 2.81 bits per heavy atom. The van der Waals surface area contributed by atoms with E-state index >= 15 is 0 Å². The zero-order chi connectivity index (χ0) is 21.5. The molecule has 1 aromatic carbocycles. The molecule has 31 heavy (non-hydrogen) atoms. The first-order valence-corrected chi connectivity index (χ1v) is 10.0. The lowest BCUT2D eigenvalue weighted by atomic mass is 9.70. The van der Waals surface area contributed by atoms with Gasteiger partial charge in [-0.3, -0.25) is 9.59 Å². The number of amides is 2. The molecule has 0 saturated carbocycles. The van der Waals surface area contributed by atoms with Crippen molar-refractivity contribution >= 4 is 57.7 Å². The van der Waals surface area contributed by atoms with E-state index in [1.54, 1.807) is 19.1 Å². The highest BCUT2D eigenvalue weighted by Crippen LogP contribution is 2.53. The van der Waals surface area contributed by atoms with E-state index in [1.165, 1.54) is 17.3 Å². The minimum Gasteiger partial charge on any atom is -0.340 e. The van der Waals surface area contributed by atoms with Crippen molar-refractivity contribution in [3.63, 3.8) is 0 Å². The molecule has 1 spiro atoms.